The van der Waals surface area contributed by atoms with E-state index in [9.17, 15) is 9.59 Å². The number of carbonyl (C=O) groups excluding carboxylic acids is 2. The number of nitrogens with one attached hydrogen (secondary N) is 1. The van der Waals surface area contributed by atoms with Gasteiger partial charge in [0.05, 0.1) is 19.1 Å². The summed E-state index contributed by atoms with van der Waals surface area (Å²) in [4.78, 5) is 34.0. The molecule has 1 atom stereocenters. The number of aromatic nitrogens is 4. The largest absolute Gasteiger partial charge is 0.493 e. The van der Waals surface area contributed by atoms with E-state index in [0.29, 0.717) is 17.6 Å². The van der Waals surface area contributed by atoms with Crippen LogP contribution < -0.4 is 14.8 Å². The number of aryl methyl sites for hydroxylation is 1. The highest BCUT2D eigenvalue weighted by atomic mass is 16.6. The van der Waals surface area contributed by atoms with Crippen molar-refractivity contribution >= 4 is 11.9 Å². The van der Waals surface area contributed by atoms with E-state index < -0.39 is 17.9 Å². The Balaban J connectivity index is 1.83. The van der Waals surface area contributed by atoms with Crippen molar-refractivity contribution in [3.8, 4) is 22.9 Å². The number of hydrogen-bond donors (Lipinski definition) is 1. The summed E-state index contributed by atoms with van der Waals surface area (Å²) in [6, 6.07) is 9.16. The van der Waals surface area contributed by atoms with Crippen molar-refractivity contribution in [1.82, 2.24) is 25.1 Å². The smallest absolute Gasteiger partial charge is 0.313 e. The predicted octanol–water partition coefficient (Wildman–Crippen LogP) is 4.06. The first-order valence-corrected chi connectivity index (χ1v) is 11.2. The van der Waals surface area contributed by atoms with E-state index in [1.54, 1.807) is 32.5 Å². The standard InChI is InChI=1S/C25H31N5O4/c1-14(2)17-8-10-18(11-9-17)22-28-23(30(6)29-22)16(5)27-24(31)20-21(34-25(32)15(3)4)19(33-7)12-13-26-20/h8-16H,1-7H3,(H,27,31)/t16-/m0/s1. The van der Waals surface area contributed by atoms with Crippen LogP contribution in [0.3, 0.4) is 0 Å². The molecule has 0 spiro atoms. The van der Waals surface area contributed by atoms with Crippen molar-refractivity contribution in [3.63, 3.8) is 0 Å². The normalized spacial score (nSPS) is 12.0. The maximum Gasteiger partial charge on any atom is 0.313 e. The van der Waals surface area contributed by atoms with E-state index in [0.717, 1.165) is 5.56 Å². The van der Waals surface area contributed by atoms with Crippen molar-refractivity contribution < 1.29 is 19.1 Å². The fourth-order valence-corrected chi connectivity index (χ4v) is 3.31. The zero-order valence-corrected chi connectivity index (χ0v) is 20.6. The Bertz CT molecular complexity index is 1170. The molecule has 2 heterocycles. The molecule has 1 aromatic carbocycles. The topological polar surface area (TPSA) is 108 Å². The van der Waals surface area contributed by atoms with Gasteiger partial charge >= 0.3 is 5.97 Å². The van der Waals surface area contributed by atoms with Crippen LogP contribution in [0.2, 0.25) is 0 Å². The van der Waals surface area contributed by atoms with E-state index in [2.05, 4.69) is 46.4 Å². The van der Waals surface area contributed by atoms with Gasteiger partial charge in [-0.15, -0.1) is 0 Å². The monoisotopic (exact) mass is 465 g/mol. The van der Waals surface area contributed by atoms with Gasteiger partial charge in [-0.05, 0) is 18.4 Å². The molecule has 34 heavy (non-hydrogen) atoms. The summed E-state index contributed by atoms with van der Waals surface area (Å²) >= 11 is 0. The molecular formula is C25H31N5O4. The highest BCUT2D eigenvalue weighted by Crippen LogP contribution is 2.31. The first-order valence-electron chi connectivity index (χ1n) is 11.2. The molecule has 0 unspecified atom stereocenters. The van der Waals surface area contributed by atoms with Crippen molar-refractivity contribution in [2.24, 2.45) is 13.0 Å². The average molecular weight is 466 g/mol. The SMILES string of the molecule is COc1ccnc(C(=O)N[C@@H](C)c2nc(-c3ccc(C(C)C)cc3)nn2C)c1OC(=O)C(C)C. The molecule has 1 amide bonds. The molecule has 9 heteroatoms. The van der Waals surface area contributed by atoms with Crippen LogP contribution in [0, 0.1) is 5.92 Å². The number of esters is 1. The molecule has 9 nitrogen and oxygen atoms in total. The second-order valence-corrected chi connectivity index (χ2v) is 8.66. The second-order valence-electron chi connectivity index (χ2n) is 8.66. The number of carbonyl (C=O) groups is 2. The highest BCUT2D eigenvalue weighted by Gasteiger charge is 2.25. The van der Waals surface area contributed by atoms with Crippen LogP contribution in [-0.2, 0) is 11.8 Å². The molecule has 0 aliphatic rings. The maximum absolute atomic E-state index is 13.1. The van der Waals surface area contributed by atoms with E-state index in [1.807, 2.05) is 12.1 Å². The predicted molar refractivity (Wildman–Crippen MR) is 128 cm³/mol. The summed E-state index contributed by atoms with van der Waals surface area (Å²) in [6.45, 7) is 9.49. The average Bonchev–Trinajstić information content (AvgIpc) is 3.20. The van der Waals surface area contributed by atoms with Crippen LogP contribution in [0.5, 0.6) is 11.5 Å². The molecule has 0 bridgehead atoms. The van der Waals surface area contributed by atoms with Gasteiger partial charge < -0.3 is 14.8 Å². The lowest BCUT2D eigenvalue weighted by atomic mass is 10.0. The molecule has 0 saturated heterocycles. The van der Waals surface area contributed by atoms with Gasteiger partial charge in [-0.1, -0.05) is 52.0 Å². The quantitative estimate of drug-likeness (QED) is 0.500. The van der Waals surface area contributed by atoms with Crippen molar-refractivity contribution in [2.75, 3.05) is 7.11 Å². The van der Waals surface area contributed by atoms with Gasteiger partial charge in [0.15, 0.2) is 17.3 Å². The van der Waals surface area contributed by atoms with Crippen LogP contribution in [-0.4, -0.2) is 38.7 Å². The minimum atomic E-state index is -0.524. The minimum Gasteiger partial charge on any atom is -0.493 e. The van der Waals surface area contributed by atoms with E-state index in [1.165, 1.54) is 24.9 Å². The van der Waals surface area contributed by atoms with E-state index in [4.69, 9.17) is 9.47 Å². The Labute approximate surface area is 199 Å². The van der Waals surface area contributed by atoms with Crippen molar-refractivity contribution in [1.29, 1.82) is 0 Å². The summed E-state index contributed by atoms with van der Waals surface area (Å²) < 4.78 is 12.3. The van der Waals surface area contributed by atoms with Gasteiger partial charge in [0, 0.05) is 24.9 Å². The zero-order chi connectivity index (χ0) is 25.0. The third kappa shape index (κ3) is 5.41. The van der Waals surface area contributed by atoms with Crippen molar-refractivity contribution in [3.05, 3.63) is 53.6 Å². The number of pyridine rings is 1. The lowest BCUT2D eigenvalue weighted by Crippen LogP contribution is -2.30. The Kier molecular flexibility index (Phi) is 7.65. The molecule has 0 radical (unpaired) electrons. The lowest BCUT2D eigenvalue weighted by Gasteiger charge is -2.16. The van der Waals surface area contributed by atoms with Crippen LogP contribution in [0.25, 0.3) is 11.4 Å². The summed E-state index contributed by atoms with van der Waals surface area (Å²) in [5.41, 5.74) is 2.08. The van der Waals surface area contributed by atoms with Crippen LogP contribution >= 0.6 is 0 Å². The molecule has 2 aromatic heterocycles. The van der Waals surface area contributed by atoms with Crippen LogP contribution in [0.1, 0.15) is 68.5 Å². The first kappa shape index (κ1) is 24.9. The Morgan fingerprint density at radius 2 is 1.71 bits per heavy atom. The summed E-state index contributed by atoms with van der Waals surface area (Å²) in [5, 5.41) is 7.37. The Morgan fingerprint density at radius 1 is 1.03 bits per heavy atom. The number of methoxy groups -OCH3 is 1. The Morgan fingerprint density at radius 3 is 2.29 bits per heavy atom. The lowest BCUT2D eigenvalue weighted by molar-refractivity contribution is -0.137. The van der Waals surface area contributed by atoms with Crippen LogP contribution in [0.15, 0.2) is 36.5 Å². The number of benzene rings is 1. The molecule has 0 fully saturated rings. The summed E-state index contributed by atoms with van der Waals surface area (Å²) in [5.74, 6) is 0.404. The van der Waals surface area contributed by atoms with Gasteiger partial charge in [0.2, 0.25) is 5.75 Å². The van der Waals surface area contributed by atoms with Crippen molar-refractivity contribution in [2.45, 2.75) is 46.6 Å². The molecule has 0 saturated carbocycles. The fraction of sp³-hybridized carbons (Fsp3) is 0.400. The van der Waals surface area contributed by atoms with E-state index >= 15 is 0 Å². The fourth-order valence-electron chi connectivity index (χ4n) is 3.31. The highest BCUT2D eigenvalue weighted by molar-refractivity contribution is 5.97. The maximum atomic E-state index is 13.1. The van der Waals surface area contributed by atoms with Gasteiger partial charge in [-0.25, -0.2) is 9.97 Å². The summed E-state index contributed by atoms with van der Waals surface area (Å²) in [7, 11) is 3.21. The Hall–Kier alpha value is -3.75. The number of hydrogen-bond acceptors (Lipinski definition) is 7. The number of amides is 1. The molecule has 0 aliphatic heterocycles. The van der Waals surface area contributed by atoms with Gasteiger partial charge in [-0.3, -0.25) is 14.3 Å². The number of ether oxygens (including phenoxy) is 2. The molecule has 180 valence electrons. The zero-order valence-electron chi connectivity index (χ0n) is 20.6. The molecule has 0 aliphatic carbocycles. The van der Waals surface area contributed by atoms with Gasteiger partial charge in [-0.2, -0.15) is 5.10 Å². The molecule has 1 N–H and O–H groups in total. The van der Waals surface area contributed by atoms with Gasteiger partial charge in [0.25, 0.3) is 5.91 Å². The number of nitrogens with zero attached hydrogens (tertiary/aromatic N) is 4. The van der Waals surface area contributed by atoms with E-state index in [-0.39, 0.29) is 23.1 Å². The number of rotatable bonds is 8. The first-order chi connectivity index (χ1) is 16.1. The third-order valence-electron chi connectivity index (χ3n) is 5.34. The molecule has 3 rings (SSSR count). The van der Waals surface area contributed by atoms with Crippen LogP contribution in [0.4, 0.5) is 0 Å². The second kappa shape index (κ2) is 10.5. The molecular weight excluding hydrogens is 434 g/mol. The molecule has 3 aromatic rings. The third-order valence-corrected chi connectivity index (χ3v) is 5.34. The van der Waals surface area contributed by atoms with Gasteiger partial charge in [0.1, 0.15) is 5.82 Å². The summed E-state index contributed by atoms with van der Waals surface area (Å²) in [6.07, 6.45) is 1.42. The minimum absolute atomic E-state index is 0.0164.